The number of nitrogens with one attached hydrogen (secondary N) is 1. The largest absolute Gasteiger partial charge is 0.496 e. The number of rotatable bonds is 12. The summed E-state index contributed by atoms with van der Waals surface area (Å²) in [7, 11) is 5.06. The van der Waals surface area contributed by atoms with Gasteiger partial charge >= 0.3 is 0 Å². The van der Waals surface area contributed by atoms with Crippen molar-refractivity contribution in [2.45, 2.75) is 42.8 Å². The summed E-state index contributed by atoms with van der Waals surface area (Å²) in [5.74, 6) is 0.386. The second kappa shape index (κ2) is 12.8. The Labute approximate surface area is 253 Å². The zero-order chi connectivity index (χ0) is 29.9. The van der Waals surface area contributed by atoms with Gasteiger partial charge in [0.25, 0.3) is 0 Å². The summed E-state index contributed by atoms with van der Waals surface area (Å²) < 4.78 is 21.3. The number of ether oxygens (including phenoxy) is 1. The number of halogens is 2. The van der Waals surface area contributed by atoms with E-state index < -0.39 is 11.4 Å². The highest BCUT2D eigenvalue weighted by molar-refractivity contribution is 14.1. The van der Waals surface area contributed by atoms with E-state index in [-0.39, 0.29) is 17.8 Å². The maximum absolute atomic E-state index is 15.0. The average molecular weight is 678 g/mol. The van der Waals surface area contributed by atoms with E-state index in [0.717, 1.165) is 5.56 Å². The second-order valence-electron chi connectivity index (χ2n) is 10.6. The monoisotopic (exact) mass is 677 g/mol. The molecule has 0 aliphatic carbocycles. The predicted octanol–water partition coefficient (Wildman–Crippen LogP) is 3.68. The molecule has 3 aromatic rings. The van der Waals surface area contributed by atoms with Crippen LogP contribution < -0.4 is 15.8 Å². The summed E-state index contributed by atoms with van der Waals surface area (Å²) in [4.78, 5) is 39.7. The van der Waals surface area contributed by atoms with Gasteiger partial charge in [0, 0.05) is 67.6 Å². The molecule has 2 amide bonds. The van der Waals surface area contributed by atoms with Gasteiger partial charge in [-0.25, -0.2) is 14.4 Å². The molecular weight excluding hydrogens is 640 g/mol. The van der Waals surface area contributed by atoms with E-state index in [1.54, 1.807) is 44.3 Å². The number of hydrogen-bond acceptors (Lipinski definition) is 8. The van der Waals surface area contributed by atoms with Crippen LogP contribution in [-0.4, -0.2) is 88.9 Å². The van der Waals surface area contributed by atoms with Crippen LogP contribution in [-0.2, 0) is 20.6 Å². The molecule has 0 radical (unpaired) electrons. The Kier molecular flexibility index (Phi) is 9.65. The standard InChI is InChI=1S/C29H37FIN7O3/c1-6-38(29(28(32)40)15-37(16-29)18(2)10-25(39)36(3)4)14-20-11-21-23(12-24(20)41-5)33-17-34-27(21)35-22-9-7-8-19(13-31)26(22)30/h7-9,11-12,17-18H,6,10,13-16H2,1-5H3,(H2,32,40)(H,33,34,35). The van der Waals surface area contributed by atoms with Gasteiger partial charge in [0.1, 0.15) is 23.4 Å². The fraction of sp³-hybridized carbons (Fsp3) is 0.448. The summed E-state index contributed by atoms with van der Waals surface area (Å²) in [6.07, 6.45) is 1.79. The van der Waals surface area contributed by atoms with E-state index in [2.05, 4.69) is 47.7 Å². The molecule has 2 heterocycles. The van der Waals surface area contributed by atoms with Crippen molar-refractivity contribution in [2.75, 3.05) is 46.2 Å². The lowest BCUT2D eigenvalue weighted by Crippen LogP contribution is -2.76. The first-order valence-corrected chi connectivity index (χ1v) is 15.0. The molecule has 0 bridgehead atoms. The van der Waals surface area contributed by atoms with Gasteiger partial charge < -0.3 is 20.7 Å². The molecule has 1 aliphatic heterocycles. The molecule has 1 atom stereocenters. The number of carbonyl (C=O) groups is 2. The van der Waals surface area contributed by atoms with E-state index in [1.165, 1.54) is 6.33 Å². The summed E-state index contributed by atoms with van der Waals surface area (Å²) in [5, 5.41) is 3.83. The Morgan fingerprint density at radius 1 is 1.24 bits per heavy atom. The summed E-state index contributed by atoms with van der Waals surface area (Å²) in [6, 6.07) is 8.95. The van der Waals surface area contributed by atoms with Gasteiger partial charge in [0.15, 0.2) is 5.82 Å². The number of nitrogens with two attached hydrogens (primary N) is 1. The highest BCUT2D eigenvalue weighted by atomic mass is 127. The van der Waals surface area contributed by atoms with Crippen molar-refractivity contribution < 1.29 is 18.7 Å². The minimum atomic E-state index is -0.887. The normalized spacial score (nSPS) is 15.4. The number of benzene rings is 2. The molecule has 1 aliphatic rings. The summed E-state index contributed by atoms with van der Waals surface area (Å²) in [5.41, 5.74) is 7.50. The molecule has 1 unspecified atom stereocenters. The molecular formula is C29H37FIN7O3. The fourth-order valence-corrected chi connectivity index (χ4v) is 5.82. The third-order valence-corrected chi connectivity index (χ3v) is 8.66. The van der Waals surface area contributed by atoms with E-state index >= 15 is 4.39 Å². The van der Waals surface area contributed by atoms with E-state index in [1.807, 2.05) is 26.0 Å². The SMILES string of the molecule is CCN(Cc1cc2c(Nc3cccc(CI)c3F)ncnc2cc1OC)C1(C(N)=O)CN(C(C)CC(=O)N(C)C)C1. The molecule has 0 spiro atoms. The molecule has 12 heteroatoms. The molecule has 10 nitrogen and oxygen atoms in total. The lowest BCUT2D eigenvalue weighted by Gasteiger charge is -2.55. The predicted molar refractivity (Wildman–Crippen MR) is 166 cm³/mol. The van der Waals surface area contributed by atoms with E-state index in [0.29, 0.717) is 70.7 Å². The van der Waals surface area contributed by atoms with Crippen LogP contribution in [0.1, 0.15) is 31.4 Å². The maximum Gasteiger partial charge on any atom is 0.240 e. The summed E-state index contributed by atoms with van der Waals surface area (Å²) in [6.45, 7) is 5.77. The number of hydrogen-bond donors (Lipinski definition) is 2. The van der Waals surface area contributed by atoms with Gasteiger partial charge in [-0.1, -0.05) is 41.6 Å². The van der Waals surface area contributed by atoms with Crippen LogP contribution in [0.2, 0.25) is 0 Å². The minimum Gasteiger partial charge on any atom is -0.496 e. The molecule has 2 aromatic carbocycles. The van der Waals surface area contributed by atoms with Crippen LogP contribution >= 0.6 is 22.6 Å². The first kappa shape index (κ1) is 30.8. The van der Waals surface area contributed by atoms with Crippen LogP contribution in [0.5, 0.6) is 5.75 Å². The third-order valence-electron chi connectivity index (χ3n) is 7.84. The van der Waals surface area contributed by atoms with Crippen LogP contribution in [0.4, 0.5) is 15.9 Å². The van der Waals surface area contributed by atoms with Gasteiger partial charge in [-0.05, 0) is 31.2 Å². The fourth-order valence-electron chi connectivity index (χ4n) is 5.23. The van der Waals surface area contributed by atoms with Crippen LogP contribution in [0.3, 0.4) is 0 Å². The van der Waals surface area contributed by atoms with Crippen LogP contribution in [0, 0.1) is 5.82 Å². The highest BCUT2D eigenvalue weighted by Gasteiger charge is 2.53. The summed E-state index contributed by atoms with van der Waals surface area (Å²) >= 11 is 2.13. The zero-order valence-electron chi connectivity index (χ0n) is 24.1. The first-order chi connectivity index (χ1) is 19.5. The van der Waals surface area contributed by atoms with Crippen molar-refractivity contribution in [1.29, 1.82) is 0 Å². The van der Waals surface area contributed by atoms with Crippen molar-refractivity contribution in [3.8, 4) is 5.75 Å². The van der Waals surface area contributed by atoms with Crippen molar-refractivity contribution in [3.05, 3.63) is 53.6 Å². The molecule has 0 saturated carbocycles. The van der Waals surface area contributed by atoms with E-state index in [4.69, 9.17) is 10.5 Å². The number of carbonyl (C=O) groups excluding carboxylic acids is 2. The number of likely N-dealkylation sites (N-methyl/N-ethyl adjacent to an activating group) is 1. The first-order valence-electron chi connectivity index (χ1n) is 13.5. The van der Waals surface area contributed by atoms with Gasteiger partial charge in [0.2, 0.25) is 11.8 Å². The van der Waals surface area contributed by atoms with Crippen LogP contribution in [0.15, 0.2) is 36.7 Å². The Morgan fingerprint density at radius 2 is 1.98 bits per heavy atom. The van der Waals surface area contributed by atoms with Crippen LogP contribution in [0.25, 0.3) is 10.9 Å². The topological polar surface area (TPSA) is 117 Å². The smallest absolute Gasteiger partial charge is 0.240 e. The number of nitrogens with zero attached hydrogens (tertiary/aromatic N) is 5. The molecule has 4 rings (SSSR count). The van der Waals surface area contributed by atoms with Gasteiger partial charge in [-0.15, -0.1) is 0 Å². The number of fused-ring (bicyclic) bond motifs is 1. The number of alkyl halides is 1. The molecule has 41 heavy (non-hydrogen) atoms. The van der Waals surface area contributed by atoms with Gasteiger partial charge in [0.05, 0.1) is 18.3 Å². The number of likely N-dealkylation sites (tertiary alicyclic amines) is 1. The number of amides is 2. The van der Waals surface area contributed by atoms with Crippen molar-refractivity contribution in [3.63, 3.8) is 0 Å². The van der Waals surface area contributed by atoms with E-state index in [9.17, 15) is 9.59 Å². The highest BCUT2D eigenvalue weighted by Crippen LogP contribution is 2.36. The molecule has 1 saturated heterocycles. The Bertz CT molecular complexity index is 1430. The second-order valence-corrected chi connectivity index (χ2v) is 11.4. The van der Waals surface area contributed by atoms with Gasteiger partial charge in [-0.3, -0.25) is 19.4 Å². The minimum absolute atomic E-state index is 0.0248. The maximum atomic E-state index is 15.0. The van der Waals surface area contributed by atoms with Crippen molar-refractivity contribution in [1.82, 2.24) is 24.7 Å². The average Bonchev–Trinajstić information content (AvgIpc) is 2.92. The lowest BCUT2D eigenvalue weighted by atomic mass is 9.84. The Balaban J connectivity index is 1.64. The van der Waals surface area contributed by atoms with Crippen molar-refractivity contribution in [2.24, 2.45) is 5.73 Å². The van der Waals surface area contributed by atoms with Gasteiger partial charge in [-0.2, -0.15) is 0 Å². The Morgan fingerprint density at radius 3 is 2.59 bits per heavy atom. The molecule has 3 N–H and O–H groups in total. The number of primary amides is 1. The third kappa shape index (κ3) is 6.24. The molecule has 1 aromatic heterocycles. The van der Waals surface area contributed by atoms with Crippen molar-refractivity contribution >= 4 is 56.8 Å². The number of anilines is 2. The number of aromatic nitrogens is 2. The number of methoxy groups -OCH3 is 1. The molecule has 1 fully saturated rings. The molecule has 220 valence electrons. The quantitative estimate of drug-likeness (QED) is 0.221. The zero-order valence-corrected chi connectivity index (χ0v) is 26.2. The Hall–Kier alpha value is -3.10. The lowest BCUT2D eigenvalue weighted by molar-refractivity contribution is -0.148.